The Morgan fingerprint density at radius 1 is 1.04 bits per heavy atom. The zero-order chi connectivity index (χ0) is 16.3. The SMILES string of the molecule is O=C(NCCc1ccc(S(=O)(=O)NC2CCCC2)cc1)C1CC1. The summed E-state index contributed by atoms with van der Waals surface area (Å²) in [4.78, 5) is 11.9. The van der Waals surface area contributed by atoms with E-state index in [1.807, 2.05) is 12.1 Å². The minimum absolute atomic E-state index is 0.0808. The highest BCUT2D eigenvalue weighted by Gasteiger charge is 2.29. The molecule has 1 aromatic rings. The normalized spacial score (nSPS) is 19.0. The van der Waals surface area contributed by atoms with Crippen molar-refractivity contribution in [2.45, 2.75) is 55.9 Å². The standard InChI is InChI=1S/C17H24N2O3S/c20-17(14-7-8-14)18-12-11-13-5-9-16(10-6-13)23(21,22)19-15-3-1-2-4-15/h5-6,9-10,14-15,19H,1-4,7-8,11-12H2,(H,18,20). The number of rotatable bonds is 7. The van der Waals surface area contributed by atoms with E-state index in [1.165, 1.54) is 0 Å². The van der Waals surface area contributed by atoms with Crippen LogP contribution in [-0.4, -0.2) is 26.9 Å². The third kappa shape index (κ3) is 4.54. The largest absolute Gasteiger partial charge is 0.356 e. The molecule has 1 aromatic carbocycles. The molecule has 2 aliphatic carbocycles. The summed E-state index contributed by atoms with van der Waals surface area (Å²) in [6, 6.07) is 7.03. The first kappa shape index (κ1) is 16.5. The molecule has 3 rings (SSSR count). The summed E-state index contributed by atoms with van der Waals surface area (Å²) < 4.78 is 27.4. The second-order valence-electron chi connectivity index (χ2n) is 6.56. The Morgan fingerprint density at radius 3 is 2.30 bits per heavy atom. The van der Waals surface area contributed by atoms with Gasteiger partial charge in [0.05, 0.1) is 4.90 Å². The van der Waals surface area contributed by atoms with Crippen molar-refractivity contribution in [2.75, 3.05) is 6.54 Å². The second-order valence-corrected chi connectivity index (χ2v) is 8.28. The van der Waals surface area contributed by atoms with Crippen molar-refractivity contribution in [3.05, 3.63) is 29.8 Å². The Kier molecular flexibility index (Phi) is 5.02. The molecule has 0 radical (unpaired) electrons. The van der Waals surface area contributed by atoms with E-state index in [-0.39, 0.29) is 17.9 Å². The van der Waals surface area contributed by atoms with Crippen molar-refractivity contribution >= 4 is 15.9 Å². The van der Waals surface area contributed by atoms with Crippen molar-refractivity contribution < 1.29 is 13.2 Å². The van der Waals surface area contributed by atoms with Crippen molar-refractivity contribution in [3.63, 3.8) is 0 Å². The van der Waals surface area contributed by atoms with Gasteiger partial charge in [0.2, 0.25) is 15.9 Å². The third-order valence-electron chi connectivity index (χ3n) is 4.57. The minimum atomic E-state index is -3.42. The second kappa shape index (κ2) is 7.01. The van der Waals surface area contributed by atoms with Gasteiger partial charge in [-0.15, -0.1) is 0 Å². The maximum Gasteiger partial charge on any atom is 0.240 e. The van der Waals surface area contributed by atoms with Gasteiger partial charge in [-0.05, 0) is 49.8 Å². The first-order valence-electron chi connectivity index (χ1n) is 8.43. The van der Waals surface area contributed by atoms with Crippen LogP contribution in [0.2, 0.25) is 0 Å². The lowest BCUT2D eigenvalue weighted by Gasteiger charge is -2.13. The van der Waals surface area contributed by atoms with E-state index in [2.05, 4.69) is 10.0 Å². The molecule has 0 aliphatic heterocycles. The van der Waals surface area contributed by atoms with Gasteiger partial charge >= 0.3 is 0 Å². The summed E-state index contributed by atoms with van der Waals surface area (Å²) in [7, 11) is -3.42. The van der Waals surface area contributed by atoms with Gasteiger partial charge in [0.25, 0.3) is 0 Å². The maximum absolute atomic E-state index is 12.3. The van der Waals surface area contributed by atoms with Crippen LogP contribution in [0.15, 0.2) is 29.2 Å². The van der Waals surface area contributed by atoms with Gasteiger partial charge in [-0.2, -0.15) is 0 Å². The number of nitrogens with one attached hydrogen (secondary N) is 2. The number of hydrogen-bond acceptors (Lipinski definition) is 3. The summed E-state index contributed by atoms with van der Waals surface area (Å²) in [6.07, 6.45) is 6.78. The van der Waals surface area contributed by atoms with Crippen molar-refractivity contribution in [3.8, 4) is 0 Å². The molecular weight excluding hydrogens is 312 g/mol. The smallest absolute Gasteiger partial charge is 0.240 e. The molecule has 2 aliphatic rings. The lowest BCUT2D eigenvalue weighted by molar-refractivity contribution is -0.122. The Labute approximate surface area is 137 Å². The van der Waals surface area contributed by atoms with Gasteiger partial charge in [0.1, 0.15) is 0 Å². The van der Waals surface area contributed by atoms with Gasteiger partial charge in [-0.25, -0.2) is 13.1 Å². The van der Waals surface area contributed by atoms with Gasteiger partial charge in [-0.3, -0.25) is 4.79 Å². The van der Waals surface area contributed by atoms with E-state index in [9.17, 15) is 13.2 Å². The fourth-order valence-corrected chi connectivity index (χ4v) is 4.29. The lowest BCUT2D eigenvalue weighted by Crippen LogP contribution is -2.32. The Hall–Kier alpha value is -1.40. The van der Waals surface area contributed by atoms with Crippen LogP contribution >= 0.6 is 0 Å². The number of benzene rings is 1. The molecule has 0 atom stereocenters. The molecule has 126 valence electrons. The van der Waals surface area contributed by atoms with Gasteiger partial charge in [0.15, 0.2) is 0 Å². The fourth-order valence-electron chi connectivity index (χ4n) is 2.99. The first-order valence-corrected chi connectivity index (χ1v) is 9.92. The van der Waals surface area contributed by atoms with E-state index in [1.54, 1.807) is 12.1 Å². The first-order chi connectivity index (χ1) is 11.0. The van der Waals surface area contributed by atoms with Crippen molar-refractivity contribution in [1.29, 1.82) is 0 Å². The van der Waals surface area contributed by atoms with E-state index < -0.39 is 10.0 Å². The van der Waals surface area contributed by atoms with Crippen LogP contribution in [0.5, 0.6) is 0 Å². The predicted octanol–water partition coefficient (Wildman–Crippen LogP) is 1.98. The average Bonchev–Trinajstić information content (AvgIpc) is 3.27. The Morgan fingerprint density at radius 2 is 1.70 bits per heavy atom. The van der Waals surface area contributed by atoms with Crippen molar-refractivity contribution in [1.82, 2.24) is 10.0 Å². The number of carbonyl (C=O) groups excluding carboxylic acids is 1. The molecule has 0 spiro atoms. The van der Waals surface area contributed by atoms with Crippen LogP contribution in [0.4, 0.5) is 0 Å². The Bertz CT molecular complexity index is 645. The highest BCUT2D eigenvalue weighted by atomic mass is 32.2. The monoisotopic (exact) mass is 336 g/mol. The molecule has 0 saturated heterocycles. The van der Waals surface area contributed by atoms with Crippen LogP contribution in [0.25, 0.3) is 0 Å². The van der Waals surface area contributed by atoms with E-state index in [4.69, 9.17) is 0 Å². The molecule has 5 nitrogen and oxygen atoms in total. The minimum Gasteiger partial charge on any atom is -0.356 e. The molecule has 0 bridgehead atoms. The van der Waals surface area contributed by atoms with Gasteiger partial charge < -0.3 is 5.32 Å². The number of amides is 1. The van der Waals surface area contributed by atoms with Crippen LogP contribution in [0.1, 0.15) is 44.1 Å². The Balaban J connectivity index is 1.52. The van der Waals surface area contributed by atoms with E-state index in [0.717, 1.165) is 50.5 Å². The third-order valence-corrected chi connectivity index (χ3v) is 6.11. The molecule has 2 saturated carbocycles. The highest BCUT2D eigenvalue weighted by molar-refractivity contribution is 7.89. The van der Waals surface area contributed by atoms with Crippen LogP contribution < -0.4 is 10.0 Å². The highest BCUT2D eigenvalue weighted by Crippen LogP contribution is 2.28. The van der Waals surface area contributed by atoms with Gasteiger partial charge in [0, 0.05) is 18.5 Å². The van der Waals surface area contributed by atoms with Crippen LogP contribution in [0, 0.1) is 5.92 Å². The lowest BCUT2D eigenvalue weighted by atomic mass is 10.1. The summed E-state index contributed by atoms with van der Waals surface area (Å²) in [6.45, 7) is 0.599. The summed E-state index contributed by atoms with van der Waals surface area (Å²) in [5.74, 6) is 0.370. The van der Waals surface area contributed by atoms with Crippen molar-refractivity contribution in [2.24, 2.45) is 5.92 Å². The quantitative estimate of drug-likeness (QED) is 0.799. The number of carbonyl (C=O) groups is 1. The molecule has 2 N–H and O–H groups in total. The summed E-state index contributed by atoms with van der Waals surface area (Å²) in [5.41, 5.74) is 1.03. The molecule has 2 fully saturated rings. The summed E-state index contributed by atoms with van der Waals surface area (Å²) in [5, 5.41) is 2.92. The number of sulfonamides is 1. The average molecular weight is 336 g/mol. The van der Waals surface area contributed by atoms with E-state index >= 15 is 0 Å². The van der Waals surface area contributed by atoms with Gasteiger partial charge in [-0.1, -0.05) is 25.0 Å². The molecule has 1 amide bonds. The molecule has 0 heterocycles. The zero-order valence-electron chi connectivity index (χ0n) is 13.3. The topological polar surface area (TPSA) is 75.3 Å². The fraction of sp³-hybridized carbons (Fsp3) is 0.588. The maximum atomic E-state index is 12.3. The van der Waals surface area contributed by atoms with Crippen LogP contribution in [0.3, 0.4) is 0 Å². The molecule has 0 unspecified atom stereocenters. The summed E-state index contributed by atoms with van der Waals surface area (Å²) >= 11 is 0. The van der Waals surface area contributed by atoms with Crippen LogP contribution in [-0.2, 0) is 21.2 Å². The molecular formula is C17H24N2O3S. The number of hydrogen-bond donors (Lipinski definition) is 2. The molecule has 6 heteroatoms. The molecule has 0 aromatic heterocycles. The van der Waals surface area contributed by atoms with E-state index in [0.29, 0.717) is 11.4 Å². The predicted molar refractivity (Wildman–Crippen MR) is 88.5 cm³/mol. The molecule has 23 heavy (non-hydrogen) atoms. The zero-order valence-corrected chi connectivity index (χ0v) is 14.1.